The third-order valence-electron chi connectivity index (χ3n) is 4.23. The Hall–Kier alpha value is -2.44. The fraction of sp³-hybridized carbons (Fsp3) is 0.429. The molecule has 146 valence electrons. The standard InChI is InChI=1S/C21H28N2O4/c1-15(2)11-18(13-24)23-20(21(25)26)12-16-3-5-19(6-4-16)27-14-17-7-9-22-10-8-17/h3-10,15,18,20,23-24H,11-14H2,1-2H3,(H,25,26)/t18-,20-/m0/s1. The summed E-state index contributed by atoms with van der Waals surface area (Å²) in [6.45, 7) is 4.47. The first kappa shape index (κ1) is 20.9. The van der Waals surface area contributed by atoms with Crippen molar-refractivity contribution in [2.75, 3.05) is 6.61 Å². The van der Waals surface area contributed by atoms with Crippen molar-refractivity contribution in [2.45, 2.75) is 45.4 Å². The largest absolute Gasteiger partial charge is 0.489 e. The summed E-state index contributed by atoms with van der Waals surface area (Å²) in [4.78, 5) is 15.6. The van der Waals surface area contributed by atoms with Crippen LogP contribution in [0.3, 0.4) is 0 Å². The summed E-state index contributed by atoms with van der Waals surface area (Å²) in [6.07, 6.45) is 4.51. The zero-order chi connectivity index (χ0) is 19.6. The van der Waals surface area contributed by atoms with Gasteiger partial charge in [-0.15, -0.1) is 0 Å². The summed E-state index contributed by atoms with van der Waals surface area (Å²) in [5.41, 5.74) is 1.93. The molecule has 2 aromatic rings. The lowest BCUT2D eigenvalue weighted by Crippen LogP contribution is -2.46. The Morgan fingerprint density at radius 1 is 1.11 bits per heavy atom. The van der Waals surface area contributed by atoms with E-state index in [1.54, 1.807) is 12.4 Å². The molecule has 0 amide bonds. The predicted molar refractivity (Wildman–Crippen MR) is 104 cm³/mol. The molecule has 0 radical (unpaired) electrons. The summed E-state index contributed by atoms with van der Waals surface area (Å²) < 4.78 is 5.73. The number of aliphatic carboxylic acids is 1. The number of nitrogens with one attached hydrogen (secondary N) is 1. The first-order valence-corrected chi connectivity index (χ1v) is 9.18. The van der Waals surface area contributed by atoms with E-state index in [4.69, 9.17) is 4.74 Å². The number of carboxylic acids is 1. The monoisotopic (exact) mass is 372 g/mol. The van der Waals surface area contributed by atoms with Gasteiger partial charge in [0, 0.05) is 18.4 Å². The highest BCUT2D eigenvalue weighted by Crippen LogP contribution is 2.16. The van der Waals surface area contributed by atoms with Gasteiger partial charge >= 0.3 is 5.97 Å². The van der Waals surface area contributed by atoms with Crippen molar-refractivity contribution in [3.8, 4) is 5.75 Å². The highest BCUT2D eigenvalue weighted by Gasteiger charge is 2.22. The molecule has 0 unspecified atom stereocenters. The van der Waals surface area contributed by atoms with Gasteiger partial charge in [0.2, 0.25) is 0 Å². The number of aliphatic hydroxyl groups is 1. The first-order valence-electron chi connectivity index (χ1n) is 9.18. The average Bonchev–Trinajstić information content (AvgIpc) is 2.66. The van der Waals surface area contributed by atoms with E-state index in [9.17, 15) is 15.0 Å². The molecule has 0 fully saturated rings. The lowest BCUT2D eigenvalue weighted by atomic mass is 10.0. The van der Waals surface area contributed by atoms with Gasteiger partial charge in [0.05, 0.1) is 6.61 Å². The van der Waals surface area contributed by atoms with Gasteiger partial charge in [-0.3, -0.25) is 15.1 Å². The molecule has 6 nitrogen and oxygen atoms in total. The van der Waals surface area contributed by atoms with Crippen molar-refractivity contribution >= 4 is 5.97 Å². The van der Waals surface area contributed by atoms with Crippen molar-refractivity contribution in [3.63, 3.8) is 0 Å². The lowest BCUT2D eigenvalue weighted by molar-refractivity contribution is -0.139. The van der Waals surface area contributed by atoms with E-state index in [1.807, 2.05) is 50.2 Å². The van der Waals surface area contributed by atoms with Crippen LogP contribution < -0.4 is 10.1 Å². The Kier molecular flexibility index (Phi) is 8.23. The van der Waals surface area contributed by atoms with Crippen LogP contribution in [0.4, 0.5) is 0 Å². The number of ether oxygens (including phenoxy) is 1. The minimum absolute atomic E-state index is 0.0796. The molecule has 1 aromatic carbocycles. The number of pyridine rings is 1. The smallest absolute Gasteiger partial charge is 0.321 e. The number of carbonyl (C=O) groups is 1. The minimum Gasteiger partial charge on any atom is -0.489 e. The van der Waals surface area contributed by atoms with E-state index in [0.29, 0.717) is 18.9 Å². The van der Waals surface area contributed by atoms with Crippen LogP contribution in [-0.2, 0) is 17.8 Å². The predicted octanol–water partition coefficient (Wildman–Crippen LogP) is 2.65. The van der Waals surface area contributed by atoms with Crippen molar-refractivity contribution in [3.05, 3.63) is 59.9 Å². The maximum Gasteiger partial charge on any atom is 0.321 e. The van der Waals surface area contributed by atoms with Gasteiger partial charge < -0.3 is 14.9 Å². The van der Waals surface area contributed by atoms with Crippen molar-refractivity contribution in [2.24, 2.45) is 5.92 Å². The van der Waals surface area contributed by atoms with Crippen molar-refractivity contribution < 1.29 is 19.7 Å². The number of hydrogen-bond donors (Lipinski definition) is 3. The van der Waals surface area contributed by atoms with E-state index in [-0.39, 0.29) is 12.6 Å². The first-order chi connectivity index (χ1) is 13.0. The SMILES string of the molecule is CC(C)C[C@@H](CO)N[C@@H](Cc1ccc(OCc2ccncc2)cc1)C(=O)O. The van der Waals surface area contributed by atoms with Crippen LogP contribution in [0.5, 0.6) is 5.75 Å². The number of hydrogen-bond acceptors (Lipinski definition) is 5. The Balaban J connectivity index is 1.92. The van der Waals surface area contributed by atoms with E-state index in [0.717, 1.165) is 23.3 Å². The van der Waals surface area contributed by atoms with Gasteiger partial charge in [-0.1, -0.05) is 26.0 Å². The fourth-order valence-corrected chi connectivity index (χ4v) is 2.87. The van der Waals surface area contributed by atoms with Gasteiger partial charge in [0.1, 0.15) is 18.4 Å². The molecular weight excluding hydrogens is 344 g/mol. The Bertz CT molecular complexity index is 689. The molecule has 0 aliphatic rings. The Labute approximate surface area is 160 Å². The Morgan fingerprint density at radius 3 is 2.33 bits per heavy atom. The molecule has 3 N–H and O–H groups in total. The number of nitrogens with zero attached hydrogens (tertiary/aromatic N) is 1. The van der Waals surface area contributed by atoms with Crippen molar-refractivity contribution in [1.29, 1.82) is 0 Å². The molecule has 2 atom stereocenters. The molecule has 1 aromatic heterocycles. The normalized spacial score (nSPS) is 13.3. The number of carboxylic acid groups (broad SMARTS) is 1. The zero-order valence-corrected chi connectivity index (χ0v) is 15.8. The molecule has 6 heteroatoms. The molecule has 2 rings (SSSR count). The van der Waals surface area contributed by atoms with Crippen LogP contribution >= 0.6 is 0 Å². The highest BCUT2D eigenvalue weighted by molar-refractivity contribution is 5.74. The number of benzene rings is 1. The lowest BCUT2D eigenvalue weighted by Gasteiger charge is -2.23. The molecule has 0 bridgehead atoms. The minimum atomic E-state index is -0.921. The van der Waals surface area contributed by atoms with Gasteiger partial charge in [0.25, 0.3) is 0 Å². The summed E-state index contributed by atoms with van der Waals surface area (Å²) in [7, 11) is 0. The van der Waals surface area contributed by atoms with Crippen LogP contribution in [0.1, 0.15) is 31.4 Å². The van der Waals surface area contributed by atoms with Gasteiger partial charge in [-0.2, -0.15) is 0 Å². The Morgan fingerprint density at radius 2 is 1.78 bits per heavy atom. The topological polar surface area (TPSA) is 91.7 Å². The summed E-state index contributed by atoms with van der Waals surface area (Å²) in [5.74, 6) is 0.180. The molecular formula is C21H28N2O4. The second-order valence-electron chi connectivity index (χ2n) is 7.06. The molecule has 0 aliphatic heterocycles. The third-order valence-corrected chi connectivity index (χ3v) is 4.23. The van der Waals surface area contributed by atoms with E-state index in [1.165, 1.54) is 0 Å². The summed E-state index contributed by atoms with van der Waals surface area (Å²) >= 11 is 0. The average molecular weight is 372 g/mol. The molecule has 0 spiro atoms. The van der Waals surface area contributed by atoms with Crippen LogP contribution in [0, 0.1) is 5.92 Å². The van der Waals surface area contributed by atoms with Gasteiger partial charge in [0.15, 0.2) is 0 Å². The quantitative estimate of drug-likeness (QED) is 0.562. The molecule has 0 aliphatic carbocycles. The molecule has 27 heavy (non-hydrogen) atoms. The van der Waals surface area contributed by atoms with Gasteiger partial charge in [-0.05, 0) is 54.2 Å². The number of rotatable bonds is 11. The summed E-state index contributed by atoms with van der Waals surface area (Å²) in [5, 5.41) is 22.0. The van der Waals surface area contributed by atoms with Gasteiger partial charge in [-0.25, -0.2) is 0 Å². The fourth-order valence-electron chi connectivity index (χ4n) is 2.87. The van der Waals surface area contributed by atoms with E-state index < -0.39 is 12.0 Å². The van der Waals surface area contributed by atoms with Crippen molar-refractivity contribution in [1.82, 2.24) is 10.3 Å². The maximum atomic E-state index is 11.6. The van der Waals surface area contributed by atoms with Crippen LogP contribution in [0.15, 0.2) is 48.8 Å². The maximum absolute atomic E-state index is 11.6. The van der Waals surface area contributed by atoms with Crippen LogP contribution in [0.2, 0.25) is 0 Å². The van der Waals surface area contributed by atoms with Crippen LogP contribution in [-0.4, -0.2) is 39.9 Å². The molecule has 1 heterocycles. The highest BCUT2D eigenvalue weighted by atomic mass is 16.5. The molecule has 0 saturated heterocycles. The molecule has 0 saturated carbocycles. The second kappa shape index (κ2) is 10.6. The summed E-state index contributed by atoms with van der Waals surface area (Å²) in [6, 6.07) is 10.2. The second-order valence-corrected chi connectivity index (χ2v) is 7.06. The zero-order valence-electron chi connectivity index (χ0n) is 15.8. The number of aromatic nitrogens is 1. The number of aliphatic hydroxyl groups excluding tert-OH is 1. The van der Waals surface area contributed by atoms with E-state index >= 15 is 0 Å². The van der Waals surface area contributed by atoms with E-state index in [2.05, 4.69) is 10.3 Å². The third kappa shape index (κ3) is 7.37. The van der Waals surface area contributed by atoms with Crippen LogP contribution in [0.25, 0.3) is 0 Å².